The first-order valence-electron chi connectivity index (χ1n) is 18.3. The number of allylic oxidation sites excluding steroid dienone is 2. The third kappa shape index (κ3) is 8.29. The summed E-state index contributed by atoms with van der Waals surface area (Å²) in [5, 5.41) is 16.3. The predicted molar refractivity (Wildman–Crippen MR) is 213 cm³/mol. The maximum atomic E-state index is 12.7. The molecule has 3 heterocycles. The number of rotatable bonds is 13. The van der Waals surface area contributed by atoms with Crippen LogP contribution in [0.1, 0.15) is 77.5 Å². The van der Waals surface area contributed by atoms with Gasteiger partial charge in [0, 0.05) is 71.4 Å². The van der Waals surface area contributed by atoms with E-state index in [0.717, 1.165) is 40.9 Å². The van der Waals surface area contributed by atoms with E-state index in [-0.39, 0.29) is 35.1 Å². The van der Waals surface area contributed by atoms with Crippen LogP contribution in [-0.2, 0) is 20.7 Å². The van der Waals surface area contributed by atoms with Gasteiger partial charge in [-0.3, -0.25) is 9.59 Å². The van der Waals surface area contributed by atoms with E-state index in [1.165, 1.54) is 43.1 Å². The first-order valence-corrected chi connectivity index (χ1v) is 19.2. The van der Waals surface area contributed by atoms with Crippen molar-refractivity contribution in [1.29, 1.82) is 0 Å². The van der Waals surface area contributed by atoms with Crippen LogP contribution in [0.15, 0.2) is 70.6 Å². The minimum Gasteiger partial charge on any atom is -0.508 e. The molecule has 0 saturated carbocycles. The molecule has 10 heteroatoms. The van der Waals surface area contributed by atoms with E-state index in [9.17, 15) is 14.7 Å². The number of likely N-dealkylation sites (N-methyl/N-ethyl adjacent to an activating group) is 1. The van der Waals surface area contributed by atoms with Gasteiger partial charge in [-0.1, -0.05) is 24.3 Å². The lowest BCUT2D eigenvalue weighted by molar-refractivity contribution is -0.123. The lowest BCUT2D eigenvalue weighted by Gasteiger charge is -2.43. The molecule has 3 aromatic rings. The smallest absolute Gasteiger partial charge is 0.222 e. The molecule has 0 radical (unpaired) electrons. The van der Waals surface area contributed by atoms with Crippen LogP contribution in [0.2, 0.25) is 0 Å². The van der Waals surface area contributed by atoms with Crippen LogP contribution in [0.25, 0.3) is 11.1 Å². The van der Waals surface area contributed by atoms with Gasteiger partial charge in [-0.25, -0.2) is 4.99 Å². The molecule has 0 spiro atoms. The Morgan fingerprint density at radius 2 is 1.52 bits per heavy atom. The first-order chi connectivity index (χ1) is 24.7. The number of aromatic hydroxyl groups is 1. The van der Waals surface area contributed by atoms with Gasteiger partial charge in [0.25, 0.3) is 0 Å². The number of benzene rings is 3. The number of hydrogen-bond acceptors (Lipinski definition) is 7. The lowest BCUT2D eigenvalue weighted by atomic mass is 9.88. The van der Waals surface area contributed by atoms with Gasteiger partial charge < -0.3 is 30.3 Å². The van der Waals surface area contributed by atoms with Crippen LogP contribution in [0.4, 0.5) is 17.1 Å². The average molecular weight is 724 g/mol. The van der Waals surface area contributed by atoms with Gasteiger partial charge in [0.05, 0.1) is 35.3 Å². The van der Waals surface area contributed by atoms with Crippen molar-refractivity contribution in [2.24, 2.45) is 4.99 Å². The van der Waals surface area contributed by atoms with Crippen molar-refractivity contribution in [2.45, 2.75) is 83.2 Å². The third-order valence-corrected chi connectivity index (χ3v) is 11.6. The summed E-state index contributed by atoms with van der Waals surface area (Å²) in [7, 11) is 2.17. The van der Waals surface area contributed by atoms with Crippen LogP contribution in [0, 0.1) is 4.51 Å². The number of amides is 2. The maximum Gasteiger partial charge on any atom is 0.222 e. The van der Waals surface area contributed by atoms with Crippen molar-refractivity contribution in [1.82, 2.24) is 10.6 Å². The Hall–Kier alpha value is -4.41. The molecule has 0 aromatic heterocycles. The molecule has 3 N–H and O–H groups in total. The van der Waals surface area contributed by atoms with Gasteiger partial charge in [-0.15, -0.1) is 0 Å². The number of thiol groups is 1. The quantitative estimate of drug-likeness (QED) is 0.0693. The molecule has 3 aliphatic rings. The van der Waals surface area contributed by atoms with Crippen molar-refractivity contribution in [3.63, 3.8) is 0 Å². The second kappa shape index (κ2) is 15.3. The van der Waals surface area contributed by atoms with Crippen molar-refractivity contribution < 1.29 is 19.4 Å². The van der Waals surface area contributed by atoms with Crippen LogP contribution in [-0.4, -0.2) is 67.9 Å². The van der Waals surface area contributed by atoms with Crippen LogP contribution < -0.4 is 25.8 Å². The highest BCUT2D eigenvalue weighted by molar-refractivity contribution is 7.91. The Labute approximate surface area is 311 Å². The molecular formula is C42H53N5O4S. The normalized spacial score (nSPS) is 16.4. The zero-order chi connectivity index (χ0) is 37.2. The fraction of sp³-hybridized carbons (Fsp3) is 0.429. The SMILES string of the molecule is CC1=CC(C)(C)N(C)c2cc3c(cc21)N=c1cc2c(cc1=[SH]3)N(CCCC(=O)NCCOCCC(=O)NCCc1ccc(O)cc1)C(C)(C)C=C2C. The summed E-state index contributed by atoms with van der Waals surface area (Å²) >= 11 is 1.15. The number of ether oxygens (including phenoxy) is 1. The van der Waals surface area contributed by atoms with Crippen molar-refractivity contribution in [3.8, 4) is 5.75 Å². The molecule has 3 aliphatic heterocycles. The Bertz CT molecular complexity index is 2050. The minimum atomic E-state index is -0.203. The standard InChI is InChI=1S/C42H53N5O4S/c1-27-25-41(3,4)46(7)35-23-37-33(21-31(27)35)45-34-22-32-28(2)26-42(5,6)47(36(32)24-38(34)52-37)18-8-9-39(49)44-17-20-51-19-15-40(50)43-16-14-29-10-12-30(48)13-11-29/h10-13,21-26,48,52H,8-9,14-20H2,1-7H3,(H,43,50)(H,44,49). The number of fused-ring (bicyclic) bond motifs is 4. The molecule has 2 amide bonds. The molecular weight excluding hydrogens is 671 g/mol. The molecule has 0 bridgehead atoms. The molecule has 3 aromatic carbocycles. The molecule has 0 saturated heterocycles. The van der Waals surface area contributed by atoms with E-state index in [1.807, 2.05) is 12.1 Å². The van der Waals surface area contributed by atoms with Gasteiger partial charge >= 0.3 is 0 Å². The Morgan fingerprint density at radius 3 is 2.27 bits per heavy atom. The van der Waals surface area contributed by atoms with Crippen LogP contribution in [0.3, 0.4) is 0 Å². The second-order valence-corrected chi connectivity index (χ2v) is 16.4. The number of phenols is 1. The van der Waals surface area contributed by atoms with E-state index in [1.54, 1.807) is 12.1 Å². The summed E-state index contributed by atoms with van der Waals surface area (Å²) in [5.41, 5.74) is 9.27. The second-order valence-electron chi connectivity index (χ2n) is 15.2. The fourth-order valence-electron chi connectivity index (χ4n) is 7.41. The number of hydrogen-bond donors (Lipinski definition) is 4. The van der Waals surface area contributed by atoms with Gasteiger partial charge in [-0.05, 0) is 107 Å². The lowest BCUT2D eigenvalue weighted by Crippen LogP contribution is -2.46. The average Bonchev–Trinajstić information content (AvgIpc) is 3.08. The molecule has 0 fully saturated rings. The molecule has 0 atom stereocenters. The van der Waals surface area contributed by atoms with E-state index < -0.39 is 0 Å². The van der Waals surface area contributed by atoms with Gasteiger partial charge in [0.1, 0.15) is 5.75 Å². The molecule has 0 aliphatic carbocycles. The summed E-state index contributed by atoms with van der Waals surface area (Å²) in [6, 6.07) is 16.1. The number of carbonyl (C=O) groups is 2. The highest BCUT2D eigenvalue weighted by Crippen LogP contribution is 2.45. The number of carbonyl (C=O) groups excluding carboxylic acids is 2. The summed E-state index contributed by atoms with van der Waals surface area (Å²) in [5.74, 6) is 0.156. The van der Waals surface area contributed by atoms with Crippen molar-refractivity contribution >= 4 is 51.4 Å². The van der Waals surface area contributed by atoms with Gasteiger partial charge in [0.15, 0.2) is 0 Å². The van der Waals surface area contributed by atoms with Crippen molar-refractivity contribution in [3.05, 3.63) is 87.2 Å². The van der Waals surface area contributed by atoms with Crippen molar-refractivity contribution in [2.75, 3.05) is 49.7 Å². The Morgan fingerprint density at radius 1 is 0.846 bits per heavy atom. The minimum absolute atomic E-state index is 0.00161. The van der Waals surface area contributed by atoms with Gasteiger partial charge in [-0.2, -0.15) is 11.4 Å². The largest absolute Gasteiger partial charge is 0.508 e. The number of nitrogens with one attached hydrogen (secondary N) is 2. The first kappa shape index (κ1) is 37.4. The topological polar surface area (TPSA) is 107 Å². The predicted octanol–water partition coefficient (Wildman–Crippen LogP) is 6.73. The van der Waals surface area contributed by atoms with Crippen LogP contribution >= 0.6 is 11.4 Å². The van der Waals surface area contributed by atoms with E-state index in [2.05, 4.69) is 105 Å². The Balaban J connectivity index is 1.01. The fourth-order valence-corrected chi connectivity index (χ4v) is 8.51. The zero-order valence-electron chi connectivity index (χ0n) is 31.6. The number of anilines is 2. The van der Waals surface area contributed by atoms with E-state index in [0.29, 0.717) is 39.1 Å². The zero-order valence-corrected chi connectivity index (χ0v) is 32.5. The number of phenolic OH excluding ortho intramolecular Hbond substituents is 1. The molecule has 9 nitrogen and oxygen atoms in total. The monoisotopic (exact) mass is 723 g/mol. The summed E-state index contributed by atoms with van der Waals surface area (Å²) < 4.78 is 6.80. The summed E-state index contributed by atoms with van der Waals surface area (Å²) in [4.78, 5) is 36.1. The van der Waals surface area contributed by atoms with E-state index in [4.69, 9.17) is 9.73 Å². The van der Waals surface area contributed by atoms with Crippen LogP contribution in [0.5, 0.6) is 5.75 Å². The number of nitrogens with zero attached hydrogens (tertiary/aromatic N) is 3. The highest BCUT2D eigenvalue weighted by Gasteiger charge is 2.32. The van der Waals surface area contributed by atoms with Gasteiger partial charge in [0.2, 0.25) is 11.8 Å². The molecule has 52 heavy (non-hydrogen) atoms. The molecule has 276 valence electrons. The summed E-state index contributed by atoms with van der Waals surface area (Å²) in [6.45, 7) is 15.7. The summed E-state index contributed by atoms with van der Waals surface area (Å²) in [6.07, 6.45) is 6.76. The Kier molecular flexibility index (Phi) is 11.0. The van der Waals surface area contributed by atoms with E-state index >= 15 is 0 Å². The third-order valence-electron chi connectivity index (χ3n) is 10.4. The maximum absolute atomic E-state index is 12.7. The molecule has 6 rings (SSSR count). The molecule has 0 unspecified atom stereocenters. The highest BCUT2D eigenvalue weighted by atomic mass is 32.1.